The molecule has 1 atom stereocenters. The summed E-state index contributed by atoms with van der Waals surface area (Å²) in [6.45, 7) is 4.29. The van der Waals surface area contributed by atoms with E-state index < -0.39 is 0 Å². The van der Waals surface area contributed by atoms with Crippen molar-refractivity contribution in [2.24, 2.45) is 11.7 Å². The van der Waals surface area contributed by atoms with E-state index >= 15 is 0 Å². The Labute approximate surface area is 157 Å². The van der Waals surface area contributed by atoms with Crippen molar-refractivity contribution in [1.82, 2.24) is 19.9 Å². The number of para-hydroxylation sites is 4. The number of hydrogen-bond donors (Lipinski definition) is 4. The van der Waals surface area contributed by atoms with E-state index in [0.29, 0.717) is 17.9 Å². The number of hydrogen-bond acceptors (Lipinski definition) is 5. The molecule has 2 aromatic carbocycles. The Balaban J connectivity index is 0.000000226. The summed E-state index contributed by atoms with van der Waals surface area (Å²) in [5, 5.41) is 8.46. The lowest BCUT2D eigenvalue weighted by Gasteiger charge is -2.09. The number of imidazole rings is 2. The van der Waals surface area contributed by atoms with E-state index in [2.05, 4.69) is 33.8 Å². The van der Waals surface area contributed by atoms with Crippen LogP contribution in [0.15, 0.2) is 48.5 Å². The van der Waals surface area contributed by atoms with Gasteiger partial charge in [0.15, 0.2) is 0 Å². The SMILES string of the molecule is CC(C)C[C@H](N)CO.c1ccc2[nH]c(Oc3nc4ccccc4[nH]3)nc2c1. The van der Waals surface area contributed by atoms with Crippen LogP contribution in [0, 0.1) is 5.92 Å². The summed E-state index contributed by atoms with van der Waals surface area (Å²) in [6.07, 6.45) is 0.913. The summed E-state index contributed by atoms with van der Waals surface area (Å²) in [4.78, 5) is 14.9. The Morgan fingerprint density at radius 2 is 1.41 bits per heavy atom. The first-order valence-electron chi connectivity index (χ1n) is 8.99. The molecule has 7 heteroatoms. The molecule has 0 aliphatic carbocycles. The van der Waals surface area contributed by atoms with Gasteiger partial charge in [0.25, 0.3) is 0 Å². The van der Waals surface area contributed by atoms with E-state index in [1.54, 1.807) is 0 Å². The standard InChI is InChI=1S/C14H10N4O.C6H15NO/c1-2-6-10-9(5-1)15-13(16-10)19-14-17-11-7-3-4-8-12(11)18-14;1-5(2)3-6(7)4-8/h1-8H,(H,15,16)(H,17,18);5-6,8H,3-4,7H2,1-2H3/t;6-/m.0/s1. The lowest BCUT2D eigenvalue weighted by atomic mass is 10.1. The molecule has 0 unspecified atom stereocenters. The summed E-state index contributed by atoms with van der Waals surface area (Å²) >= 11 is 0. The molecule has 27 heavy (non-hydrogen) atoms. The number of fused-ring (bicyclic) bond motifs is 2. The second-order valence-corrected chi connectivity index (χ2v) is 6.79. The fraction of sp³-hybridized carbons (Fsp3) is 0.300. The Bertz CT molecular complexity index is 854. The average Bonchev–Trinajstić information content (AvgIpc) is 3.24. The van der Waals surface area contributed by atoms with Crippen molar-refractivity contribution in [1.29, 1.82) is 0 Å². The van der Waals surface area contributed by atoms with Crippen LogP contribution in [-0.4, -0.2) is 37.7 Å². The summed E-state index contributed by atoms with van der Waals surface area (Å²) in [6, 6.07) is 16.4. The summed E-state index contributed by atoms with van der Waals surface area (Å²) < 4.78 is 5.62. The highest BCUT2D eigenvalue weighted by Gasteiger charge is 2.07. The minimum absolute atomic E-state index is 0.0185. The highest BCUT2D eigenvalue weighted by molar-refractivity contribution is 5.76. The summed E-state index contributed by atoms with van der Waals surface area (Å²) in [5.41, 5.74) is 9.04. The number of benzene rings is 2. The van der Waals surface area contributed by atoms with Gasteiger partial charge in [-0.2, -0.15) is 9.97 Å². The van der Waals surface area contributed by atoms with Gasteiger partial charge in [-0.1, -0.05) is 38.1 Å². The number of aliphatic hydroxyl groups is 1. The predicted molar refractivity (Wildman–Crippen MR) is 107 cm³/mol. The smallest absolute Gasteiger partial charge is 0.302 e. The topological polar surface area (TPSA) is 113 Å². The molecule has 5 N–H and O–H groups in total. The van der Waals surface area contributed by atoms with Crippen molar-refractivity contribution in [3.8, 4) is 12.0 Å². The Kier molecular flexibility index (Phi) is 6.05. The molecule has 0 fully saturated rings. The molecule has 142 valence electrons. The zero-order valence-electron chi connectivity index (χ0n) is 15.5. The number of rotatable bonds is 5. The maximum Gasteiger partial charge on any atom is 0.302 e. The lowest BCUT2D eigenvalue weighted by Crippen LogP contribution is -2.25. The van der Waals surface area contributed by atoms with Gasteiger partial charge < -0.3 is 25.5 Å². The molecule has 7 nitrogen and oxygen atoms in total. The van der Waals surface area contributed by atoms with Crippen LogP contribution in [-0.2, 0) is 0 Å². The van der Waals surface area contributed by atoms with Crippen LogP contribution in [0.5, 0.6) is 12.0 Å². The highest BCUT2D eigenvalue weighted by atomic mass is 16.5. The van der Waals surface area contributed by atoms with E-state index in [1.807, 2.05) is 48.5 Å². The van der Waals surface area contributed by atoms with Crippen LogP contribution < -0.4 is 10.5 Å². The molecule has 0 radical (unpaired) electrons. The zero-order valence-corrected chi connectivity index (χ0v) is 15.5. The second kappa shape index (κ2) is 8.66. The molecule has 0 amide bonds. The van der Waals surface area contributed by atoms with E-state index in [4.69, 9.17) is 15.6 Å². The number of aromatic nitrogens is 4. The third-order valence-electron chi connectivity index (χ3n) is 3.94. The number of aliphatic hydroxyl groups excluding tert-OH is 1. The van der Waals surface area contributed by atoms with Gasteiger partial charge in [-0.15, -0.1) is 0 Å². The minimum Gasteiger partial charge on any atom is -0.395 e. The van der Waals surface area contributed by atoms with Crippen molar-refractivity contribution in [2.75, 3.05) is 6.61 Å². The van der Waals surface area contributed by atoms with Crippen molar-refractivity contribution in [3.05, 3.63) is 48.5 Å². The van der Waals surface area contributed by atoms with Crippen LogP contribution in [0.1, 0.15) is 20.3 Å². The first-order chi connectivity index (χ1) is 13.0. The molecule has 2 heterocycles. The molecular weight excluding hydrogens is 342 g/mol. The maximum atomic E-state index is 8.46. The summed E-state index contributed by atoms with van der Waals surface area (Å²) in [7, 11) is 0. The van der Waals surface area contributed by atoms with Crippen LogP contribution in [0.3, 0.4) is 0 Å². The first-order valence-corrected chi connectivity index (χ1v) is 8.99. The fourth-order valence-corrected chi connectivity index (χ4v) is 2.73. The highest BCUT2D eigenvalue weighted by Crippen LogP contribution is 2.21. The Morgan fingerprint density at radius 3 is 1.78 bits per heavy atom. The molecule has 2 aromatic heterocycles. The van der Waals surface area contributed by atoms with Gasteiger partial charge in [-0.25, -0.2) is 0 Å². The van der Waals surface area contributed by atoms with Crippen LogP contribution >= 0.6 is 0 Å². The Hall–Kier alpha value is -2.90. The second-order valence-electron chi connectivity index (χ2n) is 6.79. The average molecular weight is 367 g/mol. The summed E-state index contributed by atoms with van der Waals surface area (Å²) in [5.74, 6) is 0.595. The molecule has 0 bridgehead atoms. The number of nitrogens with two attached hydrogens (primary N) is 1. The van der Waals surface area contributed by atoms with Crippen LogP contribution in [0.2, 0.25) is 0 Å². The molecule has 0 saturated heterocycles. The van der Waals surface area contributed by atoms with Gasteiger partial charge >= 0.3 is 12.0 Å². The van der Waals surface area contributed by atoms with Crippen LogP contribution in [0.25, 0.3) is 22.1 Å². The molecule has 0 aliphatic rings. The normalized spacial score (nSPS) is 12.2. The van der Waals surface area contributed by atoms with Gasteiger partial charge in [0, 0.05) is 6.04 Å². The van der Waals surface area contributed by atoms with Crippen molar-refractivity contribution in [3.63, 3.8) is 0 Å². The molecular formula is C20H25N5O2. The Morgan fingerprint density at radius 1 is 0.926 bits per heavy atom. The largest absolute Gasteiger partial charge is 0.395 e. The quantitative estimate of drug-likeness (QED) is 0.431. The number of ether oxygens (including phenoxy) is 1. The third kappa shape index (κ3) is 5.06. The monoisotopic (exact) mass is 367 g/mol. The molecule has 0 spiro atoms. The molecule has 4 rings (SSSR count). The predicted octanol–water partition coefficient (Wildman–Crippen LogP) is 3.58. The van der Waals surface area contributed by atoms with Gasteiger partial charge in [0.1, 0.15) is 0 Å². The van der Waals surface area contributed by atoms with Gasteiger partial charge in [-0.3, -0.25) is 0 Å². The first kappa shape index (κ1) is 18.9. The van der Waals surface area contributed by atoms with Gasteiger partial charge in [0.05, 0.1) is 28.7 Å². The minimum atomic E-state index is -0.0185. The van der Waals surface area contributed by atoms with Crippen molar-refractivity contribution in [2.45, 2.75) is 26.3 Å². The molecule has 4 aromatic rings. The number of H-pyrrole nitrogens is 2. The van der Waals surface area contributed by atoms with E-state index in [0.717, 1.165) is 28.5 Å². The maximum absolute atomic E-state index is 8.46. The van der Waals surface area contributed by atoms with Crippen molar-refractivity contribution < 1.29 is 9.84 Å². The zero-order chi connectivity index (χ0) is 19.2. The van der Waals surface area contributed by atoms with Crippen molar-refractivity contribution >= 4 is 22.1 Å². The molecule has 0 saturated carbocycles. The molecule has 0 aliphatic heterocycles. The van der Waals surface area contributed by atoms with E-state index in [9.17, 15) is 0 Å². The lowest BCUT2D eigenvalue weighted by molar-refractivity contribution is 0.250. The number of nitrogens with zero attached hydrogens (tertiary/aromatic N) is 2. The van der Waals surface area contributed by atoms with E-state index in [1.165, 1.54) is 0 Å². The fourth-order valence-electron chi connectivity index (χ4n) is 2.73. The van der Waals surface area contributed by atoms with Crippen LogP contribution in [0.4, 0.5) is 0 Å². The van der Waals surface area contributed by atoms with Gasteiger partial charge in [0.2, 0.25) is 0 Å². The van der Waals surface area contributed by atoms with E-state index in [-0.39, 0.29) is 12.6 Å². The number of aromatic amines is 2. The van der Waals surface area contributed by atoms with Gasteiger partial charge in [-0.05, 0) is 36.6 Å². The number of nitrogens with one attached hydrogen (secondary N) is 2. The third-order valence-corrected chi connectivity index (χ3v) is 3.94.